The zero-order valence-electron chi connectivity index (χ0n) is 28.1. The summed E-state index contributed by atoms with van der Waals surface area (Å²) in [6, 6.07) is 65.1. The second-order valence-electron chi connectivity index (χ2n) is 14.2. The van der Waals surface area contributed by atoms with E-state index in [2.05, 4.69) is 176 Å². The molecular weight excluding hydrogens is 647 g/mol. The Bertz CT molecular complexity index is 3090. The monoisotopic (exact) mass is 675 g/mol. The van der Waals surface area contributed by atoms with Gasteiger partial charge in [-0.1, -0.05) is 158 Å². The molecule has 0 unspecified atom stereocenters. The third kappa shape index (κ3) is 3.59. The van der Waals surface area contributed by atoms with E-state index in [0.29, 0.717) is 0 Å². The van der Waals surface area contributed by atoms with Crippen LogP contribution in [0.2, 0.25) is 0 Å². The van der Waals surface area contributed by atoms with Crippen LogP contribution in [0.1, 0.15) is 22.3 Å². The first kappa shape index (κ1) is 28.4. The number of fused-ring (bicyclic) bond motifs is 17. The molecule has 2 aromatic heterocycles. The molecule has 2 heterocycles. The molecule has 1 nitrogen and oxygen atoms in total. The van der Waals surface area contributed by atoms with E-state index in [1.54, 1.807) is 0 Å². The highest BCUT2D eigenvalue weighted by Gasteiger charge is 2.51. The molecule has 0 fully saturated rings. The highest BCUT2D eigenvalue weighted by atomic mass is 32.1. The molecule has 0 radical (unpaired) electrons. The molecule has 1 spiro atoms. The minimum atomic E-state index is -0.353. The molecule has 2 aliphatic carbocycles. The van der Waals surface area contributed by atoms with Crippen molar-refractivity contribution >= 4 is 53.1 Å². The molecule has 12 rings (SSSR count). The van der Waals surface area contributed by atoms with Crippen molar-refractivity contribution in [1.82, 2.24) is 4.98 Å². The number of thiophene rings is 1. The fraction of sp³-hybridized carbons (Fsp3) is 0.0200. The standard InChI is InChI=1S/C50H29NS/c1-2-13-31(14-3-1)48-37-25-27-46-47(38-24-22-30-12-4-5-15-33(30)49(38)52-46)40(37)29-45(51-48)32-23-26-44-39(28-32)36-18-8-11-21-43(36)50(44)41-19-9-6-16-34(41)35-17-7-10-20-42(35)50/h1-29H. The van der Waals surface area contributed by atoms with Gasteiger partial charge in [0.1, 0.15) is 0 Å². The van der Waals surface area contributed by atoms with Gasteiger partial charge in [0.15, 0.2) is 0 Å². The van der Waals surface area contributed by atoms with E-state index >= 15 is 0 Å². The van der Waals surface area contributed by atoms with Crippen molar-refractivity contribution in [2.75, 3.05) is 0 Å². The number of nitrogens with zero attached hydrogens (tertiary/aromatic N) is 1. The Kier molecular flexibility index (Phi) is 5.65. The Morgan fingerprint density at radius 1 is 0.404 bits per heavy atom. The summed E-state index contributed by atoms with van der Waals surface area (Å²) in [6.07, 6.45) is 0. The minimum absolute atomic E-state index is 0.353. The largest absolute Gasteiger partial charge is 0.247 e. The van der Waals surface area contributed by atoms with Crippen LogP contribution in [0.3, 0.4) is 0 Å². The van der Waals surface area contributed by atoms with Crippen LogP contribution in [-0.4, -0.2) is 4.98 Å². The van der Waals surface area contributed by atoms with Crippen LogP contribution in [0, 0.1) is 0 Å². The number of aromatic nitrogens is 1. The Hall–Kier alpha value is -6.35. The van der Waals surface area contributed by atoms with E-state index in [1.165, 1.54) is 86.2 Å². The summed E-state index contributed by atoms with van der Waals surface area (Å²) in [4.78, 5) is 5.51. The second-order valence-corrected chi connectivity index (χ2v) is 15.2. The lowest BCUT2D eigenvalue weighted by Gasteiger charge is -2.30. The van der Waals surface area contributed by atoms with Gasteiger partial charge in [-0.25, -0.2) is 4.98 Å². The first-order valence-corrected chi connectivity index (χ1v) is 18.8. The lowest BCUT2D eigenvalue weighted by molar-refractivity contribution is 0.794. The minimum Gasteiger partial charge on any atom is -0.247 e. The molecule has 0 N–H and O–H groups in total. The summed E-state index contributed by atoms with van der Waals surface area (Å²) < 4.78 is 2.65. The quantitative estimate of drug-likeness (QED) is 0.178. The lowest BCUT2D eigenvalue weighted by Crippen LogP contribution is -2.25. The maximum atomic E-state index is 5.51. The van der Waals surface area contributed by atoms with Gasteiger partial charge in [0.05, 0.1) is 16.8 Å². The summed E-state index contributed by atoms with van der Waals surface area (Å²) in [6.45, 7) is 0. The Balaban J connectivity index is 1.15. The van der Waals surface area contributed by atoms with Crippen LogP contribution in [0.4, 0.5) is 0 Å². The highest BCUT2D eigenvalue weighted by Crippen LogP contribution is 2.63. The molecule has 52 heavy (non-hydrogen) atoms. The van der Waals surface area contributed by atoms with E-state index in [0.717, 1.165) is 22.5 Å². The van der Waals surface area contributed by atoms with E-state index < -0.39 is 0 Å². The highest BCUT2D eigenvalue weighted by molar-refractivity contribution is 7.26. The van der Waals surface area contributed by atoms with Crippen molar-refractivity contribution in [3.63, 3.8) is 0 Å². The third-order valence-electron chi connectivity index (χ3n) is 11.7. The van der Waals surface area contributed by atoms with Gasteiger partial charge in [-0.05, 0) is 78.9 Å². The third-order valence-corrected chi connectivity index (χ3v) is 12.9. The molecule has 2 heteroatoms. The van der Waals surface area contributed by atoms with Gasteiger partial charge in [0, 0.05) is 36.7 Å². The van der Waals surface area contributed by atoms with Gasteiger partial charge < -0.3 is 0 Å². The molecule has 8 aromatic carbocycles. The van der Waals surface area contributed by atoms with Crippen LogP contribution in [-0.2, 0) is 5.41 Å². The maximum Gasteiger partial charge on any atom is 0.0788 e. The first-order valence-electron chi connectivity index (χ1n) is 18.0. The van der Waals surface area contributed by atoms with Gasteiger partial charge >= 0.3 is 0 Å². The van der Waals surface area contributed by atoms with Crippen molar-refractivity contribution in [3.05, 3.63) is 198 Å². The number of benzene rings is 8. The predicted molar refractivity (Wildman–Crippen MR) is 219 cm³/mol. The van der Waals surface area contributed by atoms with E-state index in [9.17, 15) is 0 Å². The van der Waals surface area contributed by atoms with Crippen LogP contribution in [0.15, 0.2) is 176 Å². The summed E-state index contributed by atoms with van der Waals surface area (Å²) in [5.74, 6) is 0. The Morgan fingerprint density at radius 2 is 1.02 bits per heavy atom. The van der Waals surface area contributed by atoms with Gasteiger partial charge in [-0.2, -0.15) is 0 Å². The Labute approximate surface area is 305 Å². The lowest BCUT2D eigenvalue weighted by atomic mass is 9.70. The van der Waals surface area contributed by atoms with E-state index in [-0.39, 0.29) is 5.41 Å². The van der Waals surface area contributed by atoms with E-state index in [4.69, 9.17) is 4.98 Å². The van der Waals surface area contributed by atoms with Crippen molar-refractivity contribution in [2.24, 2.45) is 0 Å². The maximum absolute atomic E-state index is 5.51. The molecule has 0 aliphatic heterocycles. The van der Waals surface area contributed by atoms with Crippen molar-refractivity contribution in [3.8, 4) is 44.8 Å². The molecular formula is C50H29NS. The number of pyridine rings is 1. The van der Waals surface area contributed by atoms with Crippen molar-refractivity contribution in [2.45, 2.75) is 5.41 Å². The van der Waals surface area contributed by atoms with Crippen LogP contribution >= 0.6 is 11.3 Å². The molecule has 240 valence electrons. The predicted octanol–water partition coefficient (Wildman–Crippen LogP) is 13.4. The molecule has 10 aromatic rings. The SMILES string of the molecule is c1ccc(-c2nc(-c3ccc4c(c3)-c3ccccc3C43c4ccccc4-c4ccccc43)cc3c2ccc2sc4c5ccccc5ccc4c23)cc1. The summed E-state index contributed by atoms with van der Waals surface area (Å²) in [5.41, 5.74) is 14.6. The summed E-state index contributed by atoms with van der Waals surface area (Å²) in [5, 5.41) is 7.64. The average molecular weight is 676 g/mol. The van der Waals surface area contributed by atoms with Crippen LogP contribution < -0.4 is 0 Å². The number of rotatable bonds is 2. The van der Waals surface area contributed by atoms with E-state index in [1.807, 2.05) is 11.3 Å². The fourth-order valence-corrected chi connectivity index (χ4v) is 10.8. The normalized spacial score (nSPS) is 13.5. The average Bonchev–Trinajstić information content (AvgIpc) is 3.85. The van der Waals surface area contributed by atoms with Gasteiger partial charge in [0.2, 0.25) is 0 Å². The number of hydrogen-bond acceptors (Lipinski definition) is 2. The summed E-state index contributed by atoms with van der Waals surface area (Å²) >= 11 is 1.90. The second kappa shape index (κ2) is 10.4. The first-order chi connectivity index (χ1) is 25.8. The van der Waals surface area contributed by atoms with Gasteiger partial charge in [-0.3, -0.25) is 0 Å². The van der Waals surface area contributed by atoms with Gasteiger partial charge in [0.25, 0.3) is 0 Å². The zero-order valence-corrected chi connectivity index (χ0v) is 28.9. The Morgan fingerprint density at radius 3 is 1.77 bits per heavy atom. The van der Waals surface area contributed by atoms with Crippen LogP contribution in [0.5, 0.6) is 0 Å². The fourth-order valence-electron chi connectivity index (χ4n) is 9.55. The summed E-state index contributed by atoms with van der Waals surface area (Å²) in [7, 11) is 0. The van der Waals surface area contributed by atoms with Crippen molar-refractivity contribution < 1.29 is 0 Å². The molecule has 0 bridgehead atoms. The van der Waals surface area contributed by atoms with Gasteiger partial charge in [-0.15, -0.1) is 11.3 Å². The van der Waals surface area contributed by atoms with Crippen LogP contribution in [0.25, 0.3) is 86.5 Å². The number of hydrogen-bond donors (Lipinski definition) is 0. The van der Waals surface area contributed by atoms with Crippen molar-refractivity contribution in [1.29, 1.82) is 0 Å². The molecule has 0 saturated heterocycles. The molecule has 0 atom stereocenters. The molecule has 2 aliphatic rings. The topological polar surface area (TPSA) is 12.9 Å². The molecule has 0 saturated carbocycles. The smallest absolute Gasteiger partial charge is 0.0788 e. The zero-order chi connectivity index (χ0) is 34.0. The molecule has 0 amide bonds.